The first-order chi connectivity index (χ1) is 17.5. The zero-order valence-electron chi connectivity index (χ0n) is 19.9. The monoisotopic (exact) mass is 500 g/mol. The van der Waals surface area contributed by atoms with Crippen molar-refractivity contribution in [3.63, 3.8) is 0 Å². The van der Waals surface area contributed by atoms with E-state index in [0.29, 0.717) is 17.5 Å². The van der Waals surface area contributed by atoms with Crippen LogP contribution in [0.25, 0.3) is 5.65 Å². The van der Waals surface area contributed by atoms with E-state index in [9.17, 15) is 4.79 Å². The Morgan fingerprint density at radius 1 is 1.36 bits per heavy atom. The van der Waals surface area contributed by atoms with Gasteiger partial charge in [0, 0.05) is 43.6 Å². The van der Waals surface area contributed by atoms with Gasteiger partial charge in [0.25, 0.3) is 0 Å². The number of alkyl halides is 1. The van der Waals surface area contributed by atoms with Crippen molar-refractivity contribution in [2.75, 3.05) is 38.2 Å². The molecule has 192 valence electrons. The lowest BCUT2D eigenvalue weighted by Crippen LogP contribution is -2.39. The third kappa shape index (κ3) is 4.86. The number of alkyl carbamates (subject to hydrolysis) is 1. The third-order valence-electron chi connectivity index (χ3n) is 6.81. The number of ether oxygens (including phenoxy) is 3. The van der Waals surface area contributed by atoms with E-state index >= 15 is 4.39 Å². The summed E-state index contributed by atoms with van der Waals surface area (Å²) in [6.45, 7) is 5.84. The van der Waals surface area contributed by atoms with Crippen molar-refractivity contribution in [2.45, 2.75) is 50.2 Å². The molecule has 3 aromatic rings. The van der Waals surface area contributed by atoms with Gasteiger partial charge in [-0.15, -0.1) is 0 Å². The van der Waals surface area contributed by atoms with Crippen LogP contribution in [-0.2, 0) is 20.8 Å². The number of aromatic nitrogens is 5. The maximum atomic E-state index is 15.1. The maximum Gasteiger partial charge on any atom is 0.408 e. The highest BCUT2D eigenvalue weighted by molar-refractivity contribution is 5.69. The van der Waals surface area contributed by atoms with Gasteiger partial charge in [0.05, 0.1) is 31.2 Å². The standard InChI is InChI=1S/C23H29FN8O4/c1-23(3-4-23)28-22(33)36-16-13-35-20(19(16)24)15-10-17(30-29-15)27-21-25-5-2-18-26-14(12-32(18)21)11-31-6-8-34-9-7-31/h2,5,10,12,16,19-20H,3-4,6-9,11,13H2,1H3,(H,28,33)(H2,25,27,29,30)/t16-,19+,20-/m0/s1. The third-order valence-corrected chi connectivity index (χ3v) is 6.81. The first-order valence-corrected chi connectivity index (χ1v) is 12.2. The van der Waals surface area contributed by atoms with Crippen molar-refractivity contribution in [2.24, 2.45) is 0 Å². The van der Waals surface area contributed by atoms with Crippen molar-refractivity contribution in [1.29, 1.82) is 0 Å². The van der Waals surface area contributed by atoms with Crippen LogP contribution in [0.2, 0.25) is 0 Å². The van der Waals surface area contributed by atoms with Gasteiger partial charge in [-0.2, -0.15) is 5.10 Å². The number of hydrogen-bond acceptors (Lipinski definition) is 9. The molecule has 2 saturated heterocycles. The number of carbonyl (C=O) groups is 1. The predicted molar refractivity (Wildman–Crippen MR) is 126 cm³/mol. The van der Waals surface area contributed by atoms with Crippen molar-refractivity contribution in [1.82, 2.24) is 34.8 Å². The molecule has 0 unspecified atom stereocenters. The van der Waals surface area contributed by atoms with Crippen LogP contribution in [0.5, 0.6) is 0 Å². The summed E-state index contributed by atoms with van der Waals surface area (Å²) in [4.78, 5) is 23.5. The van der Waals surface area contributed by atoms with Crippen LogP contribution in [-0.4, -0.2) is 86.3 Å². The number of H-pyrrole nitrogens is 1. The van der Waals surface area contributed by atoms with Crippen LogP contribution >= 0.6 is 0 Å². The fourth-order valence-electron chi connectivity index (χ4n) is 4.45. The number of hydrogen-bond donors (Lipinski definition) is 3. The summed E-state index contributed by atoms with van der Waals surface area (Å²) in [5.74, 6) is 0.981. The molecule has 3 atom stereocenters. The van der Waals surface area contributed by atoms with Crippen molar-refractivity contribution in [3.05, 3.63) is 35.9 Å². The minimum atomic E-state index is -1.52. The Labute approximate surface area is 206 Å². The molecule has 1 amide bonds. The number of rotatable bonds is 7. The number of aromatic amines is 1. The number of anilines is 2. The first-order valence-electron chi connectivity index (χ1n) is 12.2. The molecule has 0 bridgehead atoms. The zero-order chi connectivity index (χ0) is 24.7. The molecule has 0 spiro atoms. The smallest absolute Gasteiger partial charge is 0.408 e. The minimum Gasteiger partial charge on any atom is -0.441 e. The number of morpholine rings is 1. The molecule has 6 rings (SSSR count). The molecule has 3 aliphatic rings. The van der Waals surface area contributed by atoms with Gasteiger partial charge in [0.1, 0.15) is 11.8 Å². The Morgan fingerprint density at radius 2 is 2.19 bits per heavy atom. The molecule has 2 aliphatic heterocycles. The van der Waals surface area contributed by atoms with Crippen LogP contribution < -0.4 is 10.6 Å². The summed E-state index contributed by atoms with van der Waals surface area (Å²) >= 11 is 0. The van der Waals surface area contributed by atoms with Crippen LogP contribution in [0.1, 0.15) is 37.3 Å². The van der Waals surface area contributed by atoms with Gasteiger partial charge in [0.2, 0.25) is 5.95 Å². The highest BCUT2D eigenvalue weighted by Crippen LogP contribution is 2.36. The lowest BCUT2D eigenvalue weighted by Gasteiger charge is -2.25. The Bertz CT molecular complexity index is 1240. The highest BCUT2D eigenvalue weighted by atomic mass is 19.1. The fourth-order valence-corrected chi connectivity index (χ4v) is 4.45. The van der Waals surface area contributed by atoms with E-state index in [4.69, 9.17) is 19.2 Å². The molecule has 12 nitrogen and oxygen atoms in total. The predicted octanol–water partition coefficient (Wildman–Crippen LogP) is 2.08. The average molecular weight is 501 g/mol. The SMILES string of the molecule is CC1(NC(=O)O[C@H]2CO[C@@H](c3cc(Nc4nccc5nc(CN6CCOCC6)cn45)n[nH]3)[C@@H]2F)CC1. The molecule has 5 heterocycles. The van der Waals surface area contributed by atoms with Gasteiger partial charge in [-0.1, -0.05) is 0 Å². The zero-order valence-corrected chi connectivity index (χ0v) is 19.9. The molecule has 1 saturated carbocycles. The second-order valence-electron chi connectivity index (χ2n) is 9.78. The van der Waals surface area contributed by atoms with Gasteiger partial charge in [-0.05, 0) is 25.8 Å². The van der Waals surface area contributed by atoms with Gasteiger partial charge in [0.15, 0.2) is 18.1 Å². The summed E-state index contributed by atoms with van der Waals surface area (Å²) in [5, 5.41) is 13.0. The molecule has 3 aromatic heterocycles. The Balaban J connectivity index is 1.11. The number of nitrogens with one attached hydrogen (secondary N) is 3. The molecule has 0 radical (unpaired) electrons. The minimum absolute atomic E-state index is 0.0282. The normalized spacial score (nSPS) is 25.7. The van der Waals surface area contributed by atoms with Gasteiger partial charge >= 0.3 is 6.09 Å². The quantitative estimate of drug-likeness (QED) is 0.446. The summed E-state index contributed by atoms with van der Waals surface area (Å²) in [6, 6.07) is 3.50. The van der Waals surface area contributed by atoms with Crippen molar-refractivity contribution >= 4 is 23.5 Å². The lowest BCUT2D eigenvalue weighted by molar-refractivity contribution is 0.0337. The number of amides is 1. The summed E-state index contributed by atoms with van der Waals surface area (Å²) < 4.78 is 33.2. The van der Waals surface area contributed by atoms with E-state index in [1.165, 1.54) is 0 Å². The Hall–Kier alpha value is -3.29. The topological polar surface area (TPSA) is 131 Å². The summed E-state index contributed by atoms with van der Waals surface area (Å²) in [5.41, 5.74) is 1.89. The van der Waals surface area contributed by atoms with Gasteiger partial charge < -0.3 is 24.8 Å². The molecule has 3 fully saturated rings. The van der Waals surface area contributed by atoms with E-state index in [-0.39, 0.29) is 12.1 Å². The second kappa shape index (κ2) is 9.30. The fraction of sp³-hybridized carbons (Fsp3) is 0.565. The van der Waals surface area contributed by atoms with E-state index in [1.807, 2.05) is 23.6 Å². The van der Waals surface area contributed by atoms with E-state index in [0.717, 1.165) is 57.0 Å². The average Bonchev–Trinajstić information content (AvgIpc) is 3.20. The number of fused-ring (bicyclic) bond motifs is 1. The number of nitrogens with zero attached hydrogens (tertiary/aromatic N) is 5. The lowest BCUT2D eigenvalue weighted by atomic mass is 10.1. The van der Waals surface area contributed by atoms with Gasteiger partial charge in [-0.3, -0.25) is 14.4 Å². The molecule has 0 aromatic carbocycles. The first kappa shape index (κ1) is 23.1. The Morgan fingerprint density at radius 3 is 3.00 bits per heavy atom. The molecule has 3 N–H and O–H groups in total. The van der Waals surface area contributed by atoms with Crippen LogP contribution in [0.15, 0.2) is 24.5 Å². The maximum absolute atomic E-state index is 15.1. The van der Waals surface area contributed by atoms with Crippen LogP contribution in [0.4, 0.5) is 21.0 Å². The van der Waals surface area contributed by atoms with Crippen LogP contribution in [0, 0.1) is 0 Å². The number of imidazole rings is 1. The van der Waals surface area contributed by atoms with Crippen molar-refractivity contribution < 1.29 is 23.4 Å². The summed E-state index contributed by atoms with van der Waals surface area (Å²) in [7, 11) is 0. The van der Waals surface area contributed by atoms with E-state index in [1.54, 1.807) is 12.3 Å². The molecule has 13 heteroatoms. The van der Waals surface area contributed by atoms with Crippen LogP contribution in [0.3, 0.4) is 0 Å². The highest BCUT2D eigenvalue weighted by Gasteiger charge is 2.44. The van der Waals surface area contributed by atoms with Gasteiger partial charge in [-0.25, -0.2) is 19.2 Å². The van der Waals surface area contributed by atoms with E-state index < -0.39 is 24.5 Å². The molecule has 1 aliphatic carbocycles. The largest absolute Gasteiger partial charge is 0.441 e. The second-order valence-corrected chi connectivity index (χ2v) is 9.78. The number of halogens is 1. The summed E-state index contributed by atoms with van der Waals surface area (Å²) in [6.07, 6.45) is 1.37. The van der Waals surface area contributed by atoms with E-state index in [2.05, 4.69) is 30.7 Å². The van der Waals surface area contributed by atoms with Crippen molar-refractivity contribution in [3.8, 4) is 0 Å². The molecular formula is C23H29FN8O4. The Kier molecular flexibility index (Phi) is 5.97. The molecule has 36 heavy (non-hydrogen) atoms. The number of carbonyl (C=O) groups excluding carboxylic acids is 1. The molecular weight excluding hydrogens is 471 g/mol.